The fraction of sp³-hybridized carbons (Fsp3) is 0.929. The van der Waals surface area contributed by atoms with Gasteiger partial charge in [-0.3, -0.25) is 4.79 Å². The highest BCUT2D eigenvalue weighted by molar-refractivity contribution is 5.72. The third kappa shape index (κ3) is 8.11. The Morgan fingerprint density at radius 1 is 1.11 bits per heavy atom. The molecular formula is C14H25F3O2. The summed E-state index contributed by atoms with van der Waals surface area (Å²) < 4.78 is 41.7. The van der Waals surface area contributed by atoms with Crippen LogP contribution in [0.4, 0.5) is 13.2 Å². The first-order valence-electron chi connectivity index (χ1n) is 6.60. The van der Waals surface area contributed by atoms with E-state index >= 15 is 0 Å². The molecule has 0 saturated heterocycles. The van der Waals surface area contributed by atoms with Gasteiger partial charge in [0, 0.05) is 0 Å². The Morgan fingerprint density at radius 3 is 1.89 bits per heavy atom. The van der Waals surface area contributed by atoms with Crippen LogP contribution in [0.1, 0.15) is 54.4 Å². The SMILES string of the molecule is CC(C)CC(CC(C)(C)C)C(=O)OC(C)C(F)(F)F. The van der Waals surface area contributed by atoms with Gasteiger partial charge in [-0.1, -0.05) is 34.6 Å². The second-order valence-electron chi connectivity index (χ2n) is 6.71. The Balaban J connectivity index is 4.72. The molecule has 0 aliphatic rings. The van der Waals surface area contributed by atoms with Crippen molar-refractivity contribution in [3.8, 4) is 0 Å². The Morgan fingerprint density at radius 2 is 1.58 bits per heavy atom. The van der Waals surface area contributed by atoms with Crippen LogP contribution in [0.5, 0.6) is 0 Å². The lowest BCUT2D eigenvalue weighted by molar-refractivity contribution is -0.219. The lowest BCUT2D eigenvalue weighted by Gasteiger charge is -2.27. The second-order valence-corrected chi connectivity index (χ2v) is 6.71. The van der Waals surface area contributed by atoms with Crippen LogP contribution >= 0.6 is 0 Å². The standard InChI is InChI=1S/C14H25F3O2/c1-9(2)7-11(8-13(4,5)6)12(18)19-10(3)14(15,16)17/h9-11H,7-8H2,1-6H3. The first kappa shape index (κ1) is 18.3. The molecule has 19 heavy (non-hydrogen) atoms. The average molecular weight is 282 g/mol. The fourth-order valence-corrected chi connectivity index (χ4v) is 1.91. The number of carbonyl (C=O) groups is 1. The van der Waals surface area contributed by atoms with E-state index in [1.807, 2.05) is 34.6 Å². The van der Waals surface area contributed by atoms with Crippen LogP contribution in [0.25, 0.3) is 0 Å². The number of alkyl halides is 3. The van der Waals surface area contributed by atoms with E-state index in [0.29, 0.717) is 12.8 Å². The number of rotatable bonds is 5. The molecule has 5 heteroatoms. The van der Waals surface area contributed by atoms with Gasteiger partial charge in [0.1, 0.15) is 0 Å². The normalized spacial score (nSPS) is 16.3. The third-order valence-electron chi connectivity index (χ3n) is 2.70. The minimum absolute atomic E-state index is 0.125. The summed E-state index contributed by atoms with van der Waals surface area (Å²) in [5.74, 6) is -0.987. The van der Waals surface area contributed by atoms with Gasteiger partial charge in [0.25, 0.3) is 0 Å². The van der Waals surface area contributed by atoms with Gasteiger partial charge in [0.15, 0.2) is 6.10 Å². The van der Waals surface area contributed by atoms with Crippen molar-refractivity contribution in [1.82, 2.24) is 0 Å². The molecule has 0 N–H and O–H groups in total. The van der Waals surface area contributed by atoms with Crippen molar-refractivity contribution >= 4 is 5.97 Å². The van der Waals surface area contributed by atoms with Crippen LogP contribution in [-0.2, 0) is 9.53 Å². The van der Waals surface area contributed by atoms with E-state index in [0.717, 1.165) is 6.92 Å². The zero-order chi connectivity index (χ0) is 15.4. The van der Waals surface area contributed by atoms with Gasteiger partial charge in [-0.25, -0.2) is 0 Å². The summed E-state index contributed by atoms with van der Waals surface area (Å²) in [7, 11) is 0. The number of ether oxygens (including phenoxy) is 1. The van der Waals surface area contributed by atoms with Crippen molar-refractivity contribution in [3.05, 3.63) is 0 Å². The molecule has 0 radical (unpaired) electrons. The maximum absolute atomic E-state index is 12.4. The van der Waals surface area contributed by atoms with Crippen LogP contribution in [0, 0.1) is 17.3 Å². The highest BCUT2D eigenvalue weighted by atomic mass is 19.4. The van der Waals surface area contributed by atoms with E-state index in [4.69, 9.17) is 0 Å². The van der Waals surface area contributed by atoms with Crippen molar-refractivity contribution < 1.29 is 22.7 Å². The predicted octanol–water partition coefficient (Wildman–Crippen LogP) is 4.58. The molecule has 0 heterocycles. The Kier molecular flexibility index (Phi) is 6.36. The Hall–Kier alpha value is -0.740. The summed E-state index contributed by atoms with van der Waals surface area (Å²) in [6, 6.07) is 0. The van der Waals surface area contributed by atoms with Crippen molar-refractivity contribution in [1.29, 1.82) is 0 Å². The molecule has 0 rings (SSSR count). The molecule has 2 nitrogen and oxygen atoms in total. The molecule has 0 fully saturated rings. The van der Waals surface area contributed by atoms with Crippen LogP contribution in [0.15, 0.2) is 0 Å². The predicted molar refractivity (Wildman–Crippen MR) is 68.6 cm³/mol. The molecule has 0 aromatic carbocycles. The van der Waals surface area contributed by atoms with Gasteiger partial charge in [-0.2, -0.15) is 13.2 Å². The maximum Gasteiger partial charge on any atom is 0.425 e. The van der Waals surface area contributed by atoms with E-state index < -0.39 is 24.2 Å². The largest absolute Gasteiger partial charge is 0.453 e. The van der Waals surface area contributed by atoms with Crippen molar-refractivity contribution in [2.75, 3.05) is 0 Å². The van der Waals surface area contributed by atoms with Gasteiger partial charge >= 0.3 is 12.1 Å². The minimum atomic E-state index is -4.50. The molecule has 0 aliphatic carbocycles. The number of halogens is 3. The lowest BCUT2D eigenvalue weighted by atomic mass is 9.81. The quantitative estimate of drug-likeness (QED) is 0.690. The number of carbonyl (C=O) groups excluding carboxylic acids is 1. The van der Waals surface area contributed by atoms with E-state index in [2.05, 4.69) is 4.74 Å². The van der Waals surface area contributed by atoms with E-state index in [1.165, 1.54) is 0 Å². The molecular weight excluding hydrogens is 257 g/mol. The molecule has 0 aliphatic heterocycles. The summed E-state index contributed by atoms with van der Waals surface area (Å²) in [5.41, 5.74) is -0.125. The summed E-state index contributed by atoms with van der Waals surface area (Å²) in [5, 5.41) is 0. The fourth-order valence-electron chi connectivity index (χ4n) is 1.91. The van der Waals surface area contributed by atoms with Crippen LogP contribution in [-0.4, -0.2) is 18.2 Å². The molecule has 0 aromatic rings. The molecule has 2 atom stereocenters. The topological polar surface area (TPSA) is 26.3 Å². The highest BCUT2D eigenvalue weighted by Crippen LogP contribution is 2.31. The lowest BCUT2D eigenvalue weighted by Crippen LogP contribution is -2.34. The van der Waals surface area contributed by atoms with Crippen LogP contribution in [0.3, 0.4) is 0 Å². The first-order valence-corrected chi connectivity index (χ1v) is 6.60. The van der Waals surface area contributed by atoms with Gasteiger partial charge in [-0.05, 0) is 31.1 Å². The molecule has 0 bridgehead atoms. The summed E-state index contributed by atoms with van der Waals surface area (Å²) in [6.07, 6.45) is -5.48. The maximum atomic E-state index is 12.4. The number of hydrogen-bond acceptors (Lipinski definition) is 2. The molecule has 2 unspecified atom stereocenters. The number of esters is 1. The highest BCUT2D eigenvalue weighted by Gasteiger charge is 2.40. The first-order chi connectivity index (χ1) is 8.33. The van der Waals surface area contributed by atoms with Gasteiger partial charge in [0.2, 0.25) is 0 Å². The second kappa shape index (κ2) is 6.62. The summed E-state index contributed by atoms with van der Waals surface area (Å²) in [6.45, 7) is 10.6. The molecule has 114 valence electrons. The van der Waals surface area contributed by atoms with Crippen molar-refractivity contribution in [2.24, 2.45) is 17.3 Å². The van der Waals surface area contributed by atoms with Gasteiger partial charge in [0.05, 0.1) is 5.92 Å². The molecule has 0 amide bonds. The van der Waals surface area contributed by atoms with E-state index in [-0.39, 0.29) is 11.3 Å². The summed E-state index contributed by atoms with van der Waals surface area (Å²) >= 11 is 0. The molecule has 0 aromatic heterocycles. The van der Waals surface area contributed by atoms with Gasteiger partial charge < -0.3 is 4.74 Å². The van der Waals surface area contributed by atoms with Crippen LogP contribution < -0.4 is 0 Å². The molecule has 0 saturated carbocycles. The zero-order valence-corrected chi connectivity index (χ0v) is 12.6. The average Bonchev–Trinajstić information content (AvgIpc) is 2.11. The third-order valence-corrected chi connectivity index (χ3v) is 2.70. The minimum Gasteiger partial charge on any atom is -0.453 e. The Bertz CT molecular complexity index is 290. The molecule has 0 spiro atoms. The smallest absolute Gasteiger partial charge is 0.425 e. The monoisotopic (exact) mass is 282 g/mol. The van der Waals surface area contributed by atoms with Crippen molar-refractivity contribution in [3.63, 3.8) is 0 Å². The van der Waals surface area contributed by atoms with Crippen LogP contribution in [0.2, 0.25) is 0 Å². The van der Waals surface area contributed by atoms with E-state index in [1.54, 1.807) is 0 Å². The van der Waals surface area contributed by atoms with Gasteiger partial charge in [-0.15, -0.1) is 0 Å². The van der Waals surface area contributed by atoms with E-state index in [9.17, 15) is 18.0 Å². The van der Waals surface area contributed by atoms with Crippen molar-refractivity contribution in [2.45, 2.75) is 66.7 Å². The zero-order valence-electron chi connectivity index (χ0n) is 12.6. The summed E-state index contributed by atoms with van der Waals surface area (Å²) in [4.78, 5) is 11.9. The number of hydrogen-bond donors (Lipinski definition) is 0. The Labute approximate surface area is 113 Å².